The first-order chi connectivity index (χ1) is 13.1. The van der Waals surface area contributed by atoms with Gasteiger partial charge in [0, 0.05) is 36.6 Å². The average Bonchev–Trinajstić information content (AvgIpc) is 3.05. The predicted molar refractivity (Wildman–Crippen MR) is 126 cm³/mol. The molecule has 2 aliphatic heterocycles. The van der Waals surface area contributed by atoms with E-state index in [2.05, 4.69) is 53.1 Å². The van der Waals surface area contributed by atoms with E-state index in [0.717, 1.165) is 35.9 Å². The molecule has 4 rings (SSSR count). The molecule has 2 unspecified atom stereocenters. The number of aliphatic imine (C=N–C) groups is 1. The Balaban J connectivity index is 0.00000225. The lowest BCUT2D eigenvalue weighted by atomic mass is 9.82. The van der Waals surface area contributed by atoms with Crippen LogP contribution in [0.1, 0.15) is 50.4 Å². The quantitative estimate of drug-likeness (QED) is 0.388. The second-order valence-electron chi connectivity index (χ2n) is 8.04. The molecule has 2 atom stereocenters. The number of nitrogens with one attached hydrogen (secondary N) is 2. The van der Waals surface area contributed by atoms with E-state index in [0.29, 0.717) is 12.6 Å². The van der Waals surface area contributed by atoms with Crippen molar-refractivity contribution in [3.63, 3.8) is 0 Å². The Bertz CT molecular complexity index is 802. The highest BCUT2D eigenvalue weighted by Crippen LogP contribution is 2.32. The molecule has 0 aromatic carbocycles. The molecule has 2 aromatic heterocycles. The van der Waals surface area contributed by atoms with Crippen molar-refractivity contribution in [3.8, 4) is 0 Å². The lowest BCUT2D eigenvalue weighted by molar-refractivity contribution is 0.0526. The number of halogens is 1. The van der Waals surface area contributed by atoms with Crippen LogP contribution in [0.5, 0.6) is 0 Å². The van der Waals surface area contributed by atoms with Gasteiger partial charge in [-0.25, -0.2) is 9.98 Å². The number of hydrogen-bond acceptors (Lipinski definition) is 3. The third-order valence-corrected chi connectivity index (χ3v) is 6.17. The van der Waals surface area contributed by atoms with E-state index < -0.39 is 0 Å². The monoisotopic (exact) mass is 496 g/mol. The predicted octanol–water partition coefficient (Wildman–Crippen LogP) is 3.33. The first-order valence-electron chi connectivity index (χ1n) is 10.3. The van der Waals surface area contributed by atoms with Crippen molar-refractivity contribution in [2.24, 2.45) is 4.99 Å². The second-order valence-corrected chi connectivity index (χ2v) is 8.04. The molecule has 7 heteroatoms. The standard InChI is InChI=1S/C21H32N6.HI/c1-4-22-21(25-16-11-18-8-6-9-19(12-16)26(18)3)23-13-17-14-27-15(2)7-5-10-20(27)24-17;/h5,7,10,14,16,18-19H,4,6,8-9,11-13H2,1-3H3,(H2,22,23,25);1H. The number of imidazole rings is 1. The molecule has 6 nitrogen and oxygen atoms in total. The topological polar surface area (TPSA) is 57.0 Å². The molecule has 2 aliphatic rings. The minimum Gasteiger partial charge on any atom is -0.357 e. The number of rotatable bonds is 4. The first kappa shape index (κ1) is 21.4. The molecule has 2 aromatic rings. The molecule has 2 bridgehead atoms. The fraction of sp³-hybridized carbons (Fsp3) is 0.619. The molecule has 0 radical (unpaired) electrons. The third kappa shape index (κ3) is 4.62. The zero-order valence-electron chi connectivity index (χ0n) is 17.2. The highest BCUT2D eigenvalue weighted by molar-refractivity contribution is 14.0. The summed E-state index contributed by atoms with van der Waals surface area (Å²) in [5.41, 5.74) is 3.18. The molecule has 2 saturated heterocycles. The van der Waals surface area contributed by atoms with Gasteiger partial charge >= 0.3 is 0 Å². The normalized spacial score (nSPS) is 25.4. The van der Waals surface area contributed by atoms with Crippen LogP contribution < -0.4 is 10.6 Å². The van der Waals surface area contributed by atoms with Gasteiger partial charge in [0.15, 0.2) is 5.96 Å². The summed E-state index contributed by atoms with van der Waals surface area (Å²) in [6, 6.07) is 8.15. The fourth-order valence-corrected chi connectivity index (χ4v) is 4.68. The fourth-order valence-electron chi connectivity index (χ4n) is 4.68. The van der Waals surface area contributed by atoms with E-state index in [-0.39, 0.29) is 24.0 Å². The number of piperidine rings is 2. The van der Waals surface area contributed by atoms with Gasteiger partial charge in [-0.3, -0.25) is 0 Å². The Labute approximate surface area is 185 Å². The summed E-state index contributed by atoms with van der Waals surface area (Å²) in [5.74, 6) is 0.916. The number of aryl methyl sites for hydroxylation is 1. The van der Waals surface area contributed by atoms with E-state index in [1.165, 1.54) is 37.8 Å². The molecule has 0 aliphatic carbocycles. The van der Waals surface area contributed by atoms with Crippen LogP contribution in [-0.2, 0) is 6.54 Å². The van der Waals surface area contributed by atoms with Crippen LogP contribution in [0.4, 0.5) is 0 Å². The molecular formula is C21H33IN6. The van der Waals surface area contributed by atoms with Crippen molar-refractivity contribution in [3.05, 3.63) is 35.8 Å². The van der Waals surface area contributed by atoms with Crippen molar-refractivity contribution in [1.29, 1.82) is 0 Å². The maximum absolute atomic E-state index is 4.82. The summed E-state index contributed by atoms with van der Waals surface area (Å²) < 4.78 is 2.13. The molecule has 4 heterocycles. The summed E-state index contributed by atoms with van der Waals surface area (Å²) in [7, 11) is 2.30. The number of hydrogen-bond donors (Lipinski definition) is 2. The van der Waals surface area contributed by atoms with Gasteiger partial charge in [0.1, 0.15) is 5.65 Å². The van der Waals surface area contributed by atoms with Gasteiger partial charge in [-0.15, -0.1) is 24.0 Å². The highest BCUT2D eigenvalue weighted by atomic mass is 127. The van der Waals surface area contributed by atoms with Gasteiger partial charge in [0.2, 0.25) is 0 Å². The maximum atomic E-state index is 4.82. The summed E-state index contributed by atoms with van der Waals surface area (Å²) in [6.07, 6.45) is 8.57. The second kappa shape index (κ2) is 9.43. The maximum Gasteiger partial charge on any atom is 0.191 e. The number of fused-ring (bicyclic) bond motifs is 3. The van der Waals surface area contributed by atoms with E-state index in [1.807, 2.05) is 12.1 Å². The van der Waals surface area contributed by atoms with Crippen LogP contribution in [0, 0.1) is 6.92 Å². The van der Waals surface area contributed by atoms with Crippen molar-refractivity contribution in [2.45, 2.75) is 70.6 Å². The van der Waals surface area contributed by atoms with E-state index >= 15 is 0 Å². The smallest absolute Gasteiger partial charge is 0.191 e. The summed E-state index contributed by atoms with van der Waals surface area (Å²) >= 11 is 0. The van der Waals surface area contributed by atoms with Gasteiger partial charge in [0.05, 0.1) is 12.2 Å². The molecule has 28 heavy (non-hydrogen) atoms. The zero-order chi connectivity index (χ0) is 18.8. The van der Waals surface area contributed by atoms with Gasteiger partial charge in [-0.1, -0.05) is 12.5 Å². The van der Waals surface area contributed by atoms with Crippen LogP contribution in [0.3, 0.4) is 0 Å². The Morgan fingerprint density at radius 1 is 1.25 bits per heavy atom. The van der Waals surface area contributed by atoms with Crippen LogP contribution in [-0.4, -0.2) is 52.0 Å². The van der Waals surface area contributed by atoms with E-state index in [4.69, 9.17) is 9.98 Å². The van der Waals surface area contributed by atoms with Crippen LogP contribution in [0.15, 0.2) is 29.4 Å². The summed E-state index contributed by atoms with van der Waals surface area (Å²) in [6.45, 7) is 5.69. The van der Waals surface area contributed by atoms with Gasteiger partial charge < -0.3 is 19.9 Å². The number of pyridine rings is 1. The Morgan fingerprint density at radius 2 is 2.00 bits per heavy atom. The SMILES string of the molecule is CCNC(=NCc1cn2c(C)cccc2n1)NC1CC2CCCC(C1)N2C.I. The molecule has 0 saturated carbocycles. The lowest BCUT2D eigenvalue weighted by Crippen LogP contribution is -2.56. The average molecular weight is 496 g/mol. The summed E-state index contributed by atoms with van der Waals surface area (Å²) in [5, 5.41) is 7.11. The van der Waals surface area contributed by atoms with Crippen molar-refractivity contribution < 1.29 is 0 Å². The highest BCUT2D eigenvalue weighted by Gasteiger charge is 2.36. The first-order valence-corrected chi connectivity index (χ1v) is 10.3. The Morgan fingerprint density at radius 3 is 2.68 bits per heavy atom. The van der Waals surface area contributed by atoms with Crippen molar-refractivity contribution in [1.82, 2.24) is 24.9 Å². The van der Waals surface area contributed by atoms with Gasteiger partial charge in [0.25, 0.3) is 0 Å². The Hall–Kier alpha value is -1.35. The largest absolute Gasteiger partial charge is 0.357 e. The molecular weight excluding hydrogens is 463 g/mol. The van der Waals surface area contributed by atoms with E-state index in [1.54, 1.807) is 0 Å². The minimum absolute atomic E-state index is 0. The van der Waals surface area contributed by atoms with Crippen LogP contribution in [0.25, 0.3) is 5.65 Å². The number of guanidine groups is 1. The molecule has 2 fully saturated rings. The molecule has 154 valence electrons. The third-order valence-electron chi connectivity index (χ3n) is 6.17. The minimum atomic E-state index is 0. The van der Waals surface area contributed by atoms with Crippen LogP contribution in [0.2, 0.25) is 0 Å². The molecule has 0 spiro atoms. The summed E-state index contributed by atoms with van der Waals surface area (Å²) in [4.78, 5) is 12.1. The van der Waals surface area contributed by atoms with E-state index in [9.17, 15) is 0 Å². The molecule has 0 amide bonds. The lowest BCUT2D eigenvalue weighted by Gasteiger charge is -2.47. The number of aromatic nitrogens is 2. The number of nitrogens with zero attached hydrogens (tertiary/aromatic N) is 4. The molecule has 2 N–H and O–H groups in total. The van der Waals surface area contributed by atoms with Gasteiger partial charge in [-0.05, 0) is 58.7 Å². The van der Waals surface area contributed by atoms with Crippen molar-refractivity contribution >= 4 is 35.6 Å². The van der Waals surface area contributed by atoms with Gasteiger partial charge in [-0.2, -0.15) is 0 Å². The van der Waals surface area contributed by atoms with Crippen molar-refractivity contribution in [2.75, 3.05) is 13.6 Å². The zero-order valence-corrected chi connectivity index (χ0v) is 19.5. The van der Waals surface area contributed by atoms with Crippen LogP contribution >= 0.6 is 24.0 Å². The Kier molecular flexibility index (Phi) is 7.20.